The minimum atomic E-state index is -2.25. The molecular weight excluding hydrogens is 122 g/mol. The predicted octanol–water partition coefficient (Wildman–Crippen LogP) is 0.108. The molecule has 0 aromatic carbocycles. The largest absolute Gasteiger partial charge is 0.402 e. The number of cyclic esters (lactones) is 1. The van der Waals surface area contributed by atoms with E-state index in [2.05, 4.69) is 9.47 Å². The molecule has 1 heterocycles. The summed E-state index contributed by atoms with van der Waals surface area (Å²) in [7, 11) is 0. The minimum absolute atomic E-state index is 1.31. The summed E-state index contributed by atoms with van der Waals surface area (Å²) in [6, 6.07) is 0. The number of carbonyl (C=O) groups is 1. The number of halogens is 2. The predicted molar refractivity (Wildman–Crippen MR) is 17.0 cm³/mol. The van der Waals surface area contributed by atoms with Gasteiger partial charge in [-0.25, -0.2) is 9.18 Å². The summed E-state index contributed by atoms with van der Waals surface area (Å²) in [5.74, 6) is -1.31. The summed E-state index contributed by atoms with van der Waals surface area (Å²) in [6.07, 6.45) is -2.25. The van der Waals surface area contributed by atoms with Crippen LogP contribution in [0.4, 0.5) is 8.78 Å². The van der Waals surface area contributed by atoms with Gasteiger partial charge in [0.1, 0.15) is 0 Å². The van der Waals surface area contributed by atoms with Crippen molar-refractivity contribution in [1.82, 2.24) is 0 Å². The molecule has 0 aromatic rings. The zero-order valence-corrected chi connectivity index (χ0v) is 3.64. The van der Waals surface area contributed by atoms with Crippen LogP contribution in [0, 0.1) is 0 Å². The first kappa shape index (κ1) is 5.43. The van der Waals surface area contributed by atoms with Crippen molar-refractivity contribution in [2.45, 2.75) is 12.9 Å². The lowest BCUT2D eigenvalue weighted by molar-refractivity contribution is -0.170. The van der Waals surface area contributed by atoms with Crippen LogP contribution in [0.3, 0.4) is 0 Å². The van der Waals surface area contributed by atoms with Crippen LogP contribution in [0.15, 0.2) is 0 Å². The molecule has 0 amide bonds. The number of rotatable bonds is 0. The van der Waals surface area contributed by atoms with Gasteiger partial charge < -0.3 is 4.74 Å². The Balaban J connectivity index is 2.51. The van der Waals surface area contributed by atoms with Crippen LogP contribution in [0.5, 0.6) is 0 Å². The lowest BCUT2D eigenvalue weighted by Crippen LogP contribution is -2.07. The average Bonchev–Trinajstić information content (AvgIpc) is 1.85. The third kappa shape index (κ3) is 0.764. The van der Waals surface area contributed by atoms with Gasteiger partial charge in [-0.05, 0) is 0 Å². The Hall–Kier alpha value is -0.710. The van der Waals surface area contributed by atoms with Crippen LogP contribution in [0.2, 0.25) is 0 Å². The second kappa shape index (κ2) is 1.66. The molecule has 0 N–H and O–H groups in total. The van der Waals surface area contributed by atoms with Crippen LogP contribution in [-0.4, -0.2) is 18.9 Å². The highest BCUT2D eigenvalue weighted by Gasteiger charge is 2.34. The lowest BCUT2D eigenvalue weighted by Gasteiger charge is -1.90. The Morgan fingerprint density at radius 1 is 1.50 bits per heavy atom. The summed E-state index contributed by atoms with van der Waals surface area (Å²) in [5.41, 5.74) is 0. The third-order valence-corrected chi connectivity index (χ3v) is 0.621. The van der Waals surface area contributed by atoms with Crippen molar-refractivity contribution in [3.05, 3.63) is 0 Å². The maximum absolute atomic E-state index is 11.6. The fraction of sp³-hybridized carbons (Fsp3) is 0.667. The first-order valence-electron chi connectivity index (χ1n) is 1.84. The monoisotopic (exact) mass is 124 g/mol. The van der Waals surface area contributed by atoms with Crippen molar-refractivity contribution in [2.75, 3.05) is 0 Å². The van der Waals surface area contributed by atoms with E-state index >= 15 is 0 Å². The van der Waals surface area contributed by atoms with E-state index in [0.717, 1.165) is 0 Å². The average molecular weight is 124 g/mol. The maximum atomic E-state index is 11.6. The molecule has 46 valence electrons. The normalized spacial score (nSPS) is 37.5. The lowest BCUT2D eigenvalue weighted by atomic mass is 10.7. The number of alkyl halides is 2. The van der Waals surface area contributed by atoms with Gasteiger partial charge in [0, 0.05) is 0 Å². The first-order chi connectivity index (χ1) is 3.70. The molecule has 0 aliphatic carbocycles. The van der Waals surface area contributed by atoms with Crippen molar-refractivity contribution >= 4 is 5.97 Å². The van der Waals surface area contributed by atoms with Gasteiger partial charge in [-0.1, -0.05) is 0 Å². The smallest absolute Gasteiger partial charge is 0.373 e. The molecule has 0 spiro atoms. The Morgan fingerprint density at radius 2 is 2.12 bits per heavy atom. The number of carbonyl (C=O) groups excluding carboxylic acids is 1. The molecule has 1 saturated heterocycles. The van der Waals surface area contributed by atoms with Crippen LogP contribution < -0.4 is 0 Å². The van der Waals surface area contributed by atoms with Crippen LogP contribution in [-0.2, 0) is 14.3 Å². The Bertz CT molecular complexity index is 115. The summed E-state index contributed by atoms with van der Waals surface area (Å²) in [6.45, 7) is -2.22. The van der Waals surface area contributed by atoms with E-state index in [0.29, 0.717) is 0 Å². The Labute approximate surface area is 43.2 Å². The highest BCUT2D eigenvalue weighted by Crippen LogP contribution is 2.13. The van der Waals surface area contributed by atoms with E-state index in [1.807, 2.05) is 0 Å². The van der Waals surface area contributed by atoms with Crippen LogP contribution in [0.1, 0.15) is 0 Å². The second-order valence-corrected chi connectivity index (χ2v) is 1.16. The van der Waals surface area contributed by atoms with E-state index in [9.17, 15) is 13.6 Å². The van der Waals surface area contributed by atoms with E-state index in [4.69, 9.17) is 0 Å². The standard InChI is InChI=1S/C3H2F2O3/c4-1-2(6)8-3(5)7-1/h1,3H. The second-order valence-electron chi connectivity index (χ2n) is 1.16. The molecule has 0 radical (unpaired) electrons. The summed E-state index contributed by atoms with van der Waals surface area (Å²) < 4.78 is 30.3. The highest BCUT2D eigenvalue weighted by atomic mass is 19.2. The summed E-state index contributed by atoms with van der Waals surface area (Å²) >= 11 is 0. The molecule has 0 saturated carbocycles. The Kier molecular flexibility index (Phi) is 1.13. The number of ether oxygens (including phenoxy) is 2. The first-order valence-corrected chi connectivity index (χ1v) is 1.84. The van der Waals surface area contributed by atoms with Gasteiger partial charge in [-0.3, -0.25) is 4.74 Å². The van der Waals surface area contributed by atoms with E-state index in [1.165, 1.54) is 0 Å². The molecular formula is C3H2F2O3. The van der Waals surface area contributed by atoms with Crippen molar-refractivity contribution in [1.29, 1.82) is 0 Å². The van der Waals surface area contributed by atoms with Crippen molar-refractivity contribution in [3.63, 3.8) is 0 Å². The van der Waals surface area contributed by atoms with Crippen LogP contribution >= 0.6 is 0 Å². The van der Waals surface area contributed by atoms with E-state index < -0.39 is 18.9 Å². The van der Waals surface area contributed by atoms with Crippen LogP contribution in [0.25, 0.3) is 0 Å². The van der Waals surface area contributed by atoms with Gasteiger partial charge in [-0.15, -0.1) is 0 Å². The summed E-state index contributed by atoms with van der Waals surface area (Å²) in [5, 5.41) is 0. The molecule has 2 atom stereocenters. The fourth-order valence-electron chi connectivity index (χ4n) is 0.322. The van der Waals surface area contributed by atoms with Gasteiger partial charge in [0.05, 0.1) is 0 Å². The zero-order chi connectivity index (χ0) is 6.15. The van der Waals surface area contributed by atoms with E-state index in [1.54, 1.807) is 0 Å². The van der Waals surface area contributed by atoms with Gasteiger partial charge in [0.25, 0.3) is 0 Å². The molecule has 0 aromatic heterocycles. The van der Waals surface area contributed by atoms with Crippen molar-refractivity contribution in [3.8, 4) is 0 Å². The molecule has 0 bridgehead atoms. The number of hydrogen-bond donors (Lipinski definition) is 0. The number of esters is 1. The summed E-state index contributed by atoms with van der Waals surface area (Å²) in [4.78, 5) is 9.82. The quantitative estimate of drug-likeness (QED) is 0.430. The molecule has 5 heteroatoms. The van der Waals surface area contributed by atoms with E-state index in [-0.39, 0.29) is 0 Å². The van der Waals surface area contributed by atoms with Crippen molar-refractivity contribution < 1.29 is 23.0 Å². The molecule has 1 rings (SSSR count). The topological polar surface area (TPSA) is 35.5 Å². The Morgan fingerprint density at radius 3 is 2.25 bits per heavy atom. The van der Waals surface area contributed by atoms with Gasteiger partial charge >= 0.3 is 18.9 Å². The SMILES string of the molecule is O=C1OC(F)OC1F. The van der Waals surface area contributed by atoms with Gasteiger partial charge in [-0.2, -0.15) is 4.39 Å². The molecule has 1 aliphatic rings. The molecule has 1 aliphatic heterocycles. The maximum Gasteiger partial charge on any atom is 0.373 e. The molecule has 3 nitrogen and oxygen atoms in total. The highest BCUT2D eigenvalue weighted by molar-refractivity contribution is 5.74. The molecule has 8 heavy (non-hydrogen) atoms. The fourth-order valence-corrected chi connectivity index (χ4v) is 0.322. The molecule has 2 unspecified atom stereocenters. The minimum Gasteiger partial charge on any atom is -0.402 e. The van der Waals surface area contributed by atoms with Gasteiger partial charge in [0.2, 0.25) is 0 Å². The zero-order valence-electron chi connectivity index (χ0n) is 3.64. The third-order valence-electron chi connectivity index (χ3n) is 0.621. The van der Waals surface area contributed by atoms with Crippen molar-refractivity contribution in [2.24, 2.45) is 0 Å². The van der Waals surface area contributed by atoms with Gasteiger partial charge in [0.15, 0.2) is 0 Å². The number of hydrogen-bond acceptors (Lipinski definition) is 3. The molecule has 1 fully saturated rings.